The van der Waals surface area contributed by atoms with Crippen molar-refractivity contribution in [1.82, 2.24) is 4.90 Å². The van der Waals surface area contributed by atoms with Gasteiger partial charge in [-0.2, -0.15) is 0 Å². The van der Waals surface area contributed by atoms with Gasteiger partial charge in [0, 0.05) is 11.6 Å². The molecule has 1 unspecified atom stereocenters. The molecule has 1 atom stereocenters. The highest BCUT2D eigenvalue weighted by Gasteiger charge is 2.23. The van der Waals surface area contributed by atoms with Gasteiger partial charge >= 0.3 is 0 Å². The summed E-state index contributed by atoms with van der Waals surface area (Å²) in [6.07, 6.45) is 4.96. The molecule has 1 fully saturated rings. The number of nitrogens with two attached hydrogens (primary N) is 1. The van der Waals surface area contributed by atoms with Gasteiger partial charge in [-0.15, -0.1) is 0 Å². The number of rotatable bonds is 5. The molecule has 0 amide bonds. The maximum atomic E-state index is 5.80. The maximum absolute atomic E-state index is 5.80. The van der Waals surface area contributed by atoms with Crippen LogP contribution in [-0.2, 0) is 0 Å². The van der Waals surface area contributed by atoms with E-state index >= 15 is 0 Å². The van der Waals surface area contributed by atoms with Crippen LogP contribution < -0.4 is 10.5 Å². The molecule has 2 rings (SSSR count). The van der Waals surface area contributed by atoms with Gasteiger partial charge < -0.3 is 10.5 Å². The van der Waals surface area contributed by atoms with Crippen LogP contribution in [0.15, 0.2) is 24.3 Å². The van der Waals surface area contributed by atoms with E-state index in [2.05, 4.69) is 17.0 Å². The fourth-order valence-electron chi connectivity index (χ4n) is 2.86. The van der Waals surface area contributed by atoms with E-state index in [9.17, 15) is 0 Å². The van der Waals surface area contributed by atoms with Gasteiger partial charge in [-0.3, -0.25) is 4.90 Å². The maximum Gasteiger partial charge on any atom is 0.123 e. The molecule has 0 bridgehead atoms. The first-order chi connectivity index (χ1) is 8.86. The van der Waals surface area contributed by atoms with E-state index in [0.717, 1.165) is 18.7 Å². The van der Waals surface area contributed by atoms with Crippen LogP contribution in [0.25, 0.3) is 0 Å². The first kappa shape index (κ1) is 13.4. The summed E-state index contributed by atoms with van der Waals surface area (Å²) in [5.41, 5.74) is 7.08. The zero-order valence-electron chi connectivity index (χ0n) is 11.3. The molecule has 2 N–H and O–H groups in total. The van der Waals surface area contributed by atoms with E-state index in [1.54, 1.807) is 7.11 Å². The van der Waals surface area contributed by atoms with Crippen LogP contribution in [0.5, 0.6) is 5.75 Å². The van der Waals surface area contributed by atoms with Crippen LogP contribution in [0, 0.1) is 0 Å². The molecule has 3 nitrogen and oxygen atoms in total. The topological polar surface area (TPSA) is 38.5 Å². The lowest BCUT2D eigenvalue weighted by Gasteiger charge is -2.35. The zero-order valence-corrected chi connectivity index (χ0v) is 11.3. The second-order valence-electron chi connectivity index (χ2n) is 4.93. The Morgan fingerprint density at radius 2 is 1.94 bits per heavy atom. The van der Waals surface area contributed by atoms with Crippen LogP contribution in [0.4, 0.5) is 0 Å². The summed E-state index contributed by atoms with van der Waals surface area (Å²) in [6, 6.07) is 8.74. The highest BCUT2D eigenvalue weighted by atomic mass is 16.5. The van der Waals surface area contributed by atoms with E-state index in [-0.39, 0.29) is 0 Å². The monoisotopic (exact) mass is 248 g/mol. The van der Waals surface area contributed by atoms with Gasteiger partial charge in [0.15, 0.2) is 0 Å². The van der Waals surface area contributed by atoms with E-state index in [4.69, 9.17) is 10.5 Å². The van der Waals surface area contributed by atoms with Crippen molar-refractivity contribution in [2.45, 2.75) is 31.7 Å². The Morgan fingerprint density at radius 3 is 2.61 bits per heavy atom. The minimum Gasteiger partial charge on any atom is -0.496 e. The molecule has 0 spiro atoms. The third-order valence-electron chi connectivity index (χ3n) is 3.77. The fourth-order valence-corrected chi connectivity index (χ4v) is 2.86. The number of para-hydroxylation sites is 1. The van der Waals surface area contributed by atoms with E-state index in [1.165, 1.54) is 37.9 Å². The zero-order chi connectivity index (χ0) is 12.8. The van der Waals surface area contributed by atoms with Crippen molar-refractivity contribution < 1.29 is 4.74 Å². The summed E-state index contributed by atoms with van der Waals surface area (Å²) < 4.78 is 5.50. The SMILES string of the molecule is COc1ccccc1C(CCN)N1CCCCC1. The minimum atomic E-state index is 0.409. The van der Waals surface area contributed by atoms with E-state index < -0.39 is 0 Å². The molecule has 100 valence electrons. The molecule has 1 aliphatic heterocycles. The van der Waals surface area contributed by atoms with Gasteiger partial charge in [-0.05, 0) is 45.0 Å². The standard InChI is InChI=1S/C15H24N2O/c1-18-15-8-4-3-7-13(15)14(9-10-16)17-11-5-2-6-12-17/h3-4,7-8,14H,2,5-6,9-12,16H2,1H3. The minimum absolute atomic E-state index is 0.409. The Labute approximate surface area is 110 Å². The normalized spacial score (nSPS) is 18.6. The molecule has 1 aliphatic rings. The number of likely N-dealkylation sites (tertiary alicyclic amines) is 1. The number of nitrogens with zero attached hydrogens (tertiary/aromatic N) is 1. The van der Waals surface area contributed by atoms with Gasteiger partial charge in [0.2, 0.25) is 0 Å². The first-order valence-corrected chi connectivity index (χ1v) is 6.94. The Bertz CT molecular complexity index is 361. The third kappa shape index (κ3) is 3.03. The second-order valence-corrected chi connectivity index (χ2v) is 4.93. The second kappa shape index (κ2) is 6.76. The average Bonchev–Trinajstić information content (AvgIpc) is 2.46. The lowest BCUT2D eigenvalue weighted by Crippen LogP contribution is -2.35. The quantitative estimate of drug-likeness (QED) is 0.870. The van der Waals surface area contributed by atoms with Crippen molar-refractivity contribution in [1.29, 1.82) is 0 Å². The molecule has 0 saturated carbocycles. The smallest absolute Gasteiger partial charge is 0.123 e. The van der Waals surface area contributed by atoms with Crippen molar-refractivity contribution >= 4 is 0 Å². The fraction of sp³-hybridized carbons (Fsp3) is 0.600. The molecule has 0 radical (unpaired) electrons. The molecule has 1 aromatic carbocycles. The van der Waals surface area contributed by atoms with E-state index in [1.807, 2.05) is 12.1 Å². The summed E-state index contributed by atoms with van der Waals surface area (Å²) in [6.45, 7) is 3.09. The third-order valence-corrected chi connectivity index (χ3v) is 3.77. The Morgan fingerprint density at radius 1 is 1.22 bits per heavy atom. The summed E-state index contributed by atoms with van der Waals surface area (Å²) >= 11 is 0. The molecule has 1 heterocycles. The van der Waals surface area contributed by atoms with Crippen LogP contribution in [0.1, 0.15) is 37.3 Å². The molecule has 0 aliphatic carbocycles. The molecular weight excluding hydrogens is 224 g/mol. The Balaban J connectivity index is 2.22. The van der Waals surface area contributed by atoms with Crippen LogP contribution in [0.2, 0.25) is 0 Å². The number of hydrogen-bond donors (Lipinski definition) is 1. The average molecular weight is 248 g/mol. The summed E-state index contributed by atoms with van der Waals surface area (Å²) in [4.78, 5) is 2.56. The number of methoxy groups -OCH3 is 1. The van der Waals surface area contributed by atoms with Gasteiger partial charge in [0.1, 0.15) is 5.75 Å². The molecule has 1 saturated heterocycles. The highest BCUT2D eigenvalue weighted by molar-refractivity contribution is 5.36. The van der Waals surface area contributed by atoms with Crippen molar-refractivity contribution in [3.63, 3.8) is 0 Å². The number of ether oxygens (including phenoxy) is 1. The molecule has 3 heteroatoms. The first-order valence-electron chi connectivity index (χ1n) is 6.94. The molecular formula is C15H24N2O. The summed E-state index contributed by atoms with van der Waals surface area (Å²) in [5.74, 6) is 0.988. The number of benzene rings is 1. The van der Waals surface area contributed by atoms with Gasteiger partial charge in [0.05, 0.1) is 7.11 Å². The molecule has 18 heavy (non-hydrogen) atoms. The summed E-state index contributed by atoms with van der Waals surface area (Å²) in [7, 11) is 1.74. The number of hydrogen-bond acceptors (Lipinski definition) is 3. The van der Waals surface area contributed by atoms with Gasteiger partial charge in [-0.25, -0.2) is 0 Å². The van der Waals surface area contributed by atoms with Gasteiger partial charge in [-0.1, -0.05) is 24.6 Å². The van der Waals surface area contributed by atoms with Crippen molar-refractivity contribution in [2.75, 3.05) is 26.7 Å². The molecule has 1 aromatic rings. The lowest BCUT2D eigenvalue weighted by molar-refractivity contribution is 0.155. The van der Waals surface area contributed by atoms with Crippen molar-refractivity contribution in [3.8, 4) is 5.75 Å². The summed E-state index contributed by atoms with van der Waals surface area (Å²) in [5, 5.41) is 0. The van der Waals surface area contributed by atoms with Crippen LogP contribution in [-0.4, -0.2) is 31.6 Å². The molecule has 0 aromatic heterocycles. The predicted molar refractivity (Wildman–Crippen MR) is 74.8 cm³/mol. The number of piperidine rings is 1. The Hall–Kier alpha value is -1.06. The Kier molecular flexibility index (Phi) is 5.02. The van der Waals surface area contributed by atoms with E-state index in [0.29, 0.717) is 6.04 Å². The van der Waals surface area contributed by atoms with Crippen molar-refractivity contribution in [3.05, 3.63) is 29.8 Å². The van der Waals surface area contributed by atoms with Crippen LogP contribution in [0.3, 0.4) is 0 Å². The van der Waals surface area contributed by atoms with Gasteiger partial charge in [0.25, 0.3) is 0 Å². The van der Waals surface area contributed by atoms with Crippen LogP contribution >= 0.6 is 0 Å². The lowest BCUT2D eigenvalue weighted by atomic mass is 9.98. The predicted octanol–water partition coefficient (Wildman–Crippen LogP) is 2.57. The van der Waals surface area contributed by atoms with Crippen molar-refractivity contribution in [2.24, 2.45) is 5.73 Å². The largest absolute Gasteiger partial charge is 0.496 e. The highest BCUT2D eigenvalue weighted by Crippen LogP contribution is 2.33.